The summed E-state index contributed by atoms with van der Waals surface area (Å²) >= 11 is 5.72. The average Bonchev–Trinajstić information content (AvgIpc) is 2.59. The van der Waals surface area contributed by atoms with E-state index in [0.29, 0.717) is 17.1 Å². The Labute approximate surface area is 162 Å². The lowest BCUT2D eigenvalue weighted by molar-refractivity contribution is -0.123. The van der Waals surface area contributed by atoms with Crippen molar-refractivity contribution in [3.63, 3.8) is 0 Å². The highest BCUT2D eigenvalue weighted by Crippen LogP contribution is 2.36. The maximum Gasteiger partial charge on any atom is 0.265 e. The second-order valence-corrected chi connectivity index (χ2v) is 7.79. The summed E-state index contributed by atoms with van der Waals surface area (Å²) < 4.78 is 18.8. The number of amides is 2. The van der Waals surface area contributed by atoms with Gasteiger partial charge in [-0.25, -0.2) is 4.39 Å². The van der Waals surface area contributed by atoms with Crippen molar-refractivity contribution in [3.05, 3.63) is 52.8 Å². The fourth-order valence-electron chi connectivity index (χ4n) is 2.76. The molecule has 3 rings (SSSR count). The van der Waals surface area contributed by atoms with Gasteiger partial charge in [-0.3, -0.25) is 14.5 Å². The van der Waals surface area contributed by atoms with E-state index in [0.717, 1.165) is 5.56 Å². The minimum atomic E-state index is -0.568. The molecule has 2 aromatic carbocycles. The van der Waals surface area contributed by atoms with Crippen LogP contribution in [0.4, 0.5) is 15.8 Å². The number of hydrogen-bond acceptors (Lipinski definition) is 3. The smallest absolute Gasteiger partial charge is 0.265 e. The normalized spacial score (nSPS) is 13.8. The summed E-state index contributed by atoms with van der Waals surface area (Å²) in [6.07, 6.45) is 0. The highest BCUT2D eigenvalue weighted by Gasteiger charge is 2.28. The van der Waals surface area contributed by atoms with Gasteiger partial charge in [0.15, 0.2) is 6.61 Å². The summed E-state index contributed by atoms with van der Waals surface area (Å²) in [5.41, 5.74) is 1.91. The largest absolute Gasteiger partial charge is 0.482 e. The summed E-state index contributed by atoms with van der Waals surface area (Å²) in [6, 6.07) is 9.50. The van der Waals surface area contributed by atoms with Crippen LogP contribution in [0.2, 0.25) is 5.02 Å². The van der Waals surface area contributed by atoms with Crippen molar-refractivity contribution in [2.45, 2.75) is 26.2 Å². The Hall–Kier alpha value is -2.60. The Morgan fingerprint density at radius 3 is 2.67 bits per heavy atom. The number of halogens is 2. The lowest BCUT2D eigenvalue weighted by atomic mass is 9.86. The summed E-state index contributed by atoms with van der Waals surface area (Å²) in [5.74, 6) is -0.724. The van der Waals surface area contributed by atoms with Gasteiger partial charge in [-0.15, -0.1) is 0 Å². The monoisotopic (exact) mass is 390 g/mol. The van der Waals surface area contributed by atoms with E-state index in [-0.39, 0.29) is 29.5 Å². The highest BCUT2D eigenvalue weighted by molar-refractivity contribution is 6.31. The molecule has 1 N–H and O–H groups in total. The van der Waals surface area contributed by atoms with Gasteiger partial charge in [0.2, 0.25) is 5.91 Å². The number of ether oxygens (including phenoxy) is 1. The maximum atomic E-state index is 13.2. The molecule has 142 valence electrons. The molecule has 0 saturated carbocycles. The second-order valence-electron chi connectivity index (χ2n) is 7.38. The lowest BCUT2D eigenvalue weighted by Crippen LogP contribution is -2.43. The molecule has 0 unspecified atom stereocenters. The minimum absolute atomic E-state index is 0.0656. The first-order valence-corrected chi connectivity index (χ1v) is 8.85. The predicted molar refractivity (Wildman–Crippen MR) is 103 cm³/mol. The average molecular weight is 391 g/mol. The zero-order valence-electron chi connectivity index (χ0n) is 15.3. The number of fused-ring (bicyclic) bond motifs is 1. The Kier molecular flexibility index (Phi) is 5.11. The molecule has 1 aliphatic rings. The SMILES string of the molecule is CC(C)(C)c1ccc2c(c1)OCC(=O)N2CC(=O)Nc1ccc(F)c(Cl)c1. The van der Waals surface area contributed by atoms with Crippen LogP contribution in [0.15, 0.2) is 36.4 Å². The molecular weight excluding hydrogens is 371 g/mol. The van der Waals surface area contributed by atoms with Crippen LogP contribution >= 0.6 is 11.6 Å². The summed E-state index contributed by atoms with van der Waals surface area (Å²) in [4.78, 5) is 26.0. The lowest BCUT2D eigenvalue weighted by Gasteiger charge is -2.30. The number of carbonyl (C=O) groups excluding carboxylic acids is 2. The molecule has 2 amide bonds. The Bertz CT molecular complexity index is 909. The Morgan fingerprint density at radius 1 is 1.26 bits per heavy atom. The van der Waals surface area contributed by atoms with Gasteiger partial charge < -0.3 is 10.1 Å². The number of benzene rings is 2. The van der Waals surface area contributed by atoms with Crippen molar-refractivity contribution < 1.29 is 18.7 Å². The maximum absolute atomic E-state index is 13.2. The summed E-state index contributed by atoms with van der Waals surface area (Å²) in [5, 5.41) is 2.53. The fourth-order valence-corrected chi connectivity index (χ4v) is 2.94. The first kappa shape index (κ1) is 19.2. The van der Waals surface area contributed by atoms with Crippen LogP contribution in [0.25, 0.3) is 0 Å². The number of rotatable bonds is 3. The van der Waals surface area contributed by atoms with E-state index in [4.69, 9.17) is 16.3 Å². The quantitative estimate of drug-likeness (QED) is 0.856. The van der Waals surface area contributed by atoms with E-state index in [1.165, 1.54) is 23.1 Å². The van der Waals surface area contributed by atoms with Crippen LogP contribution in [-0.4, -0.2) is 25.0 Å². The van der Waals surface area contributed by atoms with Crippen LogP contribution in [0, 0.1) is 5.82 Å². The summed E-state index contributed by atoms with van der Waals surface area (Å²) in [7, 11) is 0. The van der Waals surface area contributed by atoms with Crippen molar-refractivity contribution in [2.24, 2.45) is 0 Å². The minimum Gasteiger partial charge on any atom is -0.482 e. The third kappa shape index (κ3) is 4.22. The standard InChI is InChI=1S/C20H20ClFN2O3/c1-20(2,3)12-4-7-16-17(8-12)27-11-19(26)24(16)10-18(25)23-13-5-6-15(22)14(21)9-13/h4-9H,10-11H2,1-3H3,(H,23,25). The molecule has 0 atom stereocenters. The van der Waals surface area contributed by atoms with E-state index in [1.54, 1.807) is 6.07 Å². The van der Waals surface area contributed by atoms with Crippen LogP contribution in [0.1, 0.15) is 26.3 Å². The zero-order chi connectivity index (χ0) is 19.8. The van der Waals surface area contributed by atoms with Crippen molar-refractivity contribution in [1.29, 1.82) is 0 Å². The van der Waals surface area contributed by atoms with Gasteiger partial charge in [0.05, 0.1) is 10.7 Å². The zero-order valence-corrected chi connectivity index (χ0v) is 16.1. The molecule has 0 radical (unpaired) electrons. The van der Waals surface area contributed by atoms with Crippen LogP contribution in [-0.2, 0) is 15.0 Å². The molecule has 0 saturated heterocycles. The molecule has 0 aliphatic carbocycles. The molecule has 0 spiro atoms. The topological polar surface area (TPSA) is 58.6 Å². The number of anilines is 2. The molecule has 7 heteroatoms. The van der Waals surface area contributed by atoms with Crippen LogP contribution < -0.4 is 15.0 Å². The molecule has 0 fully saturated rings. The van der Waals surface area contributed by atoms with Crippen molar-refractivity contribution >= 4 is 34.8 Å². The predicted octanol–water partition coefficient (Wildman–Crippen LogP) is 4.14. The first-order valence-electron chi connectivity index (χ1n) is 8.48. The molecule has 1 aliphatic heterocycles. The highest BCUT2D eigenvalue weighted by atomic mass is 35.5. The van der Waals surface area contributed by atoms with Gasteiger partial charge in [0.1, 0.15) is 18.1 Å². The fraction of sp³-hybridized carbons (Fsp3) is 0.300. The third-order valence-corrected chi connectivity index (χ3v) is 4.56. The van der Waals surface area contributed by atoms with Crippen molar-refractivity contribution in [3.8, 4) is 5.75 Å². The van der Waals surface area contributed by atoms with Gasteiger partial charge in [-0.05, 0) is 41.3 Å². The van der Waals surface area contributed by atoms with Crippen LogP contribution in [0.5, 0.6) is 5.75 Å². The molecular formula is C20H20ClFN2O3. The number of hydrogen-bond donors (Lipinski definition) is 1. The molecule has 2 aromatic rings. The molecule has 0 bridgehead atoms. The molecule has 27 heavy (non-hydrogen) atoms. The van der Waals surface area contributed by atoms with E-state index < -0.39 is 11.7 Å². The molecule has 1 heterocycles. The number of nitrogens with zero attached hydrogens (tertiary/aromatic N) is 1. The Balaban J connectivity index is 1.79. The van der Waals surface area contributed by atoms with E-state index in [1.807, 2.05) is 12.1 Å². The molecule has 0 aromatic heterocycles. The van der Waals surface area contributed by atoms with Gasteiger partial charge in [-0.2, -0.15) is 0 Å². The first-order chi connectivity index (χ1) is 12.6. The van der Waals surface area contributed by atoms with Gasteiger partial charge in [-0.1, -0.05) is 38.4 Å². The van der Waals surface area contributed by atoms with E-state index in [2.05, 4.69) is 26.1 Å². The van der Waals surface area contributed by atoms with E-state index >= 15 is 0 Å². The third-order valence-electron chi connectivity index (χ3n) is 4.27. The summed E-state index contributed by atoms with van der Waals surface area (Å²) in [6.45, 7) is 5.94. The van der Waals surface area contributed by atoms with Crippen molar-refractivity contribution in [2.75, 3.05) is 23.4 Å². The van der Waals surface area contributed by atoms with E-state index in [9.17, 15) is 14.0 Å². The van der Waals surface area contributed by atoms with Crippen molar-refractivity contribution in [1.82, 2.24) is 0 Å². The van der Waals surface area contributed by atoms with Gasteiger partial charge >= 0.3 is 0 Å². The van der Waals surface area contributed by atoms with Gasteiger partial charge in [0.25, 0.3) is 5.91 Å². The number of nitrogens with one attached hydrogen (secondary N) is 1. The Morgan fingerprint density at radius 2 is 2.00 bits per heavy atom. The van der Waals surface area contributed by atoms with Gasteiger partial charge in [0, 0.05) is 5.69 Å². The molecule has 5 nitrogen and oxygen atoms in total. The van der Waals surface area contributed by atoms with Crippen LogP contribution in [0.3, 0.4) is 0 Å². The number of carbonyl (C=O) groups is 2. The second kappa shape index (κ2) is 7.19.